The average molecular weight is 575 g/mol. The molecule has 10 heteroatoms. The maximum atomic E-state index is 13.4. The summed E-state index contributed by atoms with van der Waals surface area (Å²) in [5.41, 5.74) is 5.23. The molecule has 0 aliphatic carbocycles. The summed E-state index contributed by atoms with van der Waals surface area (Å²) in [6.45, 7) is 6.36. The second kappa shape index (κ2) is 10.9. The van der Waals surface area contributed by atoms with Crippen LogP contribution in [0.25, 0.3) is 17.0 Å². The van der Waals surface area contributed by atoms with Gasteiger partial charge in [0.1, 0.15) is 11.5 Å². The Hall–Kier alpha value is -4.28. The van der Waals surface area contributed by atoms with Gasteiger partial charge in [0.05, 0.1) is 42.0 Å². The molecule has 5 rings (SSSR count). The summed E-state index contributed by atoms with van der Waals surface area (Å²) in [4.78, 5) is 14.9. The molecular formula is C31H34N4O5S. The van der Waals surface area contributed by atoms with E-state index in [0.29, 0.717) is 34.9 Å². The van der Waals surface area contributed by atoms with Gasteiger partial charge < -0.3 is 24.3 Å². The summed E-state index contributed by atoms with van der Waals surface area (Å²) in [7, 11) is 3.09. The monoisotopic (exact) mass is 574 g/mol. The maximum Gasteiger partial charge on any atom is 0.253 e. The first-order chi connectivity index (χ1) is 19.6. The van der Waals surface area contributed by atoms with Gasteiger partial charge in [0.25, 0.3) is 5.56 Å². The first-order valence-corrected chi connectivity index (χ1v) is 14.6. The van der Waals surface area contributed by atoms with Crippen molar-refractivity contribution >= 4 is 38.4 Å². The Morgan fingerprint density at radius 2 is 1.76 bits per heavy atom. The lowest BCUT2D eigenvalue weighted by Crippen LogP contribution is -2.35. The van der Waals surface area contributed by atoms with Crippen molar-refractivity contribution in [3.05, 3.63) is 93.8 Å². The molecule has 2 heterocycles. The number of methoxy groups -OCH3 is 2. The molecule has 0 amide bonds. The number of anilines is 2. The standard InChI is InChI=1S/C31H34N4O5S/c1-7-21-13-28-26(16-30(21)41(37,38)33-17-20-8-10-22(39-5)11-9-20)32-18-29(34(28)3)25-14-23(40-6)15-27-24(25)12-19(2)31(36)35(27)4/h7-16,29,32-33H,1,17-18H2,2-6H3. The zero-order valence-electron chi connectivity index (χ0n) is 23.8. The van der Waals surface area contributed by atoms with Crippen LogP contribution < -0.4 is 30.0 Å². The summed E-state index contributed by atoms with van der Waals surface area (Å²) in [5, 5.41) is 4.40. The van der Waals surface area contributed by atoms with Crippen molar-refractivity contribution in [2.45, 2.75) is 24.4 Å². The van der Waals surface area contributed by atoms with Gasteiger partial charge in [0, 0.05) is 44.2 Å². The molecule has 4 aromatic rings. The van der Waals surface area contributed by atoms with Crippen LogP contribution in [-0.4, -0.2) is 40.8 Å². The zero-order valence-corrected chi connectivity index (χ0v) is 24.6. The number of nitrogens with one attached hydrogen (secondary N) is 2. The van der Waals surface area contributed by atoms with Gasteiger partial charge in [-0.05, 0) is 60.0 Å². The number of ether oxygens (including phenoxy) is 2. The molecule has 41 heavy (non-hydrogen) atoms. The molecule has 1 aliphatic heterocycles. The van der Waals surface area contributed by atoms with Gasteiger partial charge in [0.2, 0.25) is 10.0 Å². The van der Waals surface area contributed by atoms with Crippen molar-refractivity contribution in [3.63, 3.8) is 0 Å². The second-order valence-corrected chi connectivity index (χ2v) is 11.9. The highest BCUT2D eigenvalue weighted by Gasteiger charge is 2.30. The Labute approximate surface area is 240 Å². The van der Waals surface area contributed by atoms with Gasteiger partial charge in [-0.25, -0.2) is 13.1 Å². The third-order valence-electron chi connectivity index (χ3n) is 7.72. The quantitative estimate of drug-likeness (QED) is 0.317. The van der Waals surface area contributed by atoms with Crippen LogP contribution in [0.3, 0.4) is 0 Å². The Bertz CT molecular complexity index is 1810. The van der Waals surface area contributed by atoms with E-state index in [1.165, 1.54) is 0 Å². The van der Waals surface area contributed by atoms with Gasteiger partial charge in [0.15, 0.2) is 0 Å². The molecule has 9 nitrogen and oxygen atoms in total. The predicted molar refractivity (Wildman–Crippen MR) is 164 cm³/mol. The number of rotatable bonds is 8. The topological polar surface area (TPSA) is 102 Å². The van der Waals surface area contributed by atoms with Crippen molar-refractivity contribution in [3.8, 4) is 11.5 Å². The lowest BCUT2D eigenvalue weighted by atomic mass is 9.95. The van der Waals surface area contributed by atoms with E-state index in [2.05, 4.69) is 21.5 Å². The van der Waals surface area contributed by atoms with Crippen LogP contribution in [0, 0.1) is 6.92 Å². The Morgan fingerprint density at radius 1 is 1.05 bits per heavy atom. The molecule has 0 bridgehead atoms. The minimum absolute atomic E-state index is 0.0536. The largest absolute Gasteiger partial charge is 0.497 e. The first kappa shape index (κ1) is 28.3. The third kappa shape index (κ3) is 5.16. The van der Waals surface area contributed by atoms with Crippen molar-refractivity contribution in [2.75, 3.05) is 38.0 Å². The van der Waals surface area contributed by atoms with Gasteiger partial charge in [-0.1, -0.05) is 24.8 Å². The number of likely N-dealkylation sites (N-methyl/N-ethyl adjacent to an activating group) is 1. The molecule has 214 valence electrons. The van der Waals surface area contributed by atoms with Crippen LogP contribution in [-0.2, 0) is 23.6 Å². The number of sulfonamides is 1. The normalized spacial score (nSPS) is 14.9. The minimum atomic E-state index is -3.84. The number of aryl methyl sites for hydroxylation is 2. The molecule has 0 radical (unpaired) electrons. The summed E-state index contributed by atoms with van der Waals surface area (Å²) in [6.07, 6.45) is 1.56. The highest BCUT2D eigenvalue weighted by atomic mass is 32.2. The van der Waals surface area contributed by atoms with Crippen LogP contribution in [0.5, 0.6) is 11.5 Å². The van der Waals surface area contributed by atoms with E-state index in [-0.39, 0.29) is 23.0 Å². The van der Waals surface area contributed by atoms with E-state index in [0.717, 1.165) is 27.7 Å². The van der Waals surface area contributed by atoms with Crippen molar-refractivity contribution in [2.24, 2.45) is 7.05 Å². The van der Waals surface area contributed by atoms with Gasteiger partial charge in [-0.3, -0.25) is 4.79 Å². The molecule has 2 N–H and O–H groups in total. The fourth-order valence-corrected chi connectivity index (χ4v) is 6.59. The summed E-state index contributed by atoms with van der Waals surface area (Å²) < 4.78 is 41.9. The van der Waals surface area contributed by atoms with Crippen molar-refractivity contribution in [1.82, 2.24) is 9.29 Å². The molecule has 0 spiro atoms. The number of fused-ring (bicyclic) bond motifs is 2. The van der Waals surface area contributed by atoms with Crippen molar-refractivity contribution < 1.29 is 17.9 Å². The lowest BCUT2D eigenvalue weighted by molar-refractivity contribution is 0.414. The molecule has 0 saturated carbocycles. The highest BCUT2D eigenvalue weighted by Crippen LogP contribution is 2.42. The summed E-state index contributed by atoms with van der Waals surface area (Å²) in [6, 6.07) is 16.4. The van der Waals surface area contributed by atoms with E-state index in [4.69, 9.17) is 9.47 Å². The van der Waals surface area contributed by atoms with E-state index in [9.17, 15) is 13.2 Å². The lowest BCUT2D eigenvalue weighted by Gasteiger charge is -2.38. The van der Waals surface area contributed by atoms with Gasteiger partial charge >= 0.3 is 0 Å². The smallest absolute Gasteiger partial charge is 0.253 e. The molecule has 1 atom stereocenters. The Morgan fingerprint density at radius 3 is 2.41 bits per heavy atom. The fourth-order valence-electron chi connectivity index (χ4n) is 5.35. The predicted octanol–water partition coefficient (Wildman–Crippen LogP) is 4.59. The van der Waals surface area contributed by atoms with E-state index >= 15 is 0 Å². The zero-order chi connectivity index (χ0) is 29.5. The Balaban J connectivity index is 1.51. The molecule has 3 aromatic carbocycles. The summed E-state index contributed by atoms with van der Waals surface area (Å²) in [5.74, 6) is 1.36. The van der Waals surface area contributed by atoms with E-state index < -0.39 is 10.0 Å². The Kier molecular flexibility index (Phi) is 7.54. The molecule has 1 unspecified atom stereocenters. The first-order valence-electron chi connectivity index (χ1n) is 13.2. The second-order valence-electron chi connectivity index (χ2n) is 10.1. The summed E-state index contributed by atoms with van der Waals surface area (Å²) >= 11 is 0. The molecular weight excluding hydrogens is 540 g/mol. The van der Waals surface area contributed by atoms with Crippen LogP contribution in [0.4, 0.5) is 11.4 Å². The number of pyridine rings is 1. The van der Waals surface area contributed by atoms with Crippen molar-refractivity contribution in [1.29, 1.82) is 0 Å². The van der Waals surface area contributed by atoms with E-state index in [1.54, 1.807) is 50.1 Å². The SMILES string of the molecule is C=Cc1cc2c(cc1S(=O)(=O)NCc1ccc(OC)cc1)NCC(c1cc(OC)cc3c1cc(C)c(=O)n3C)N2C. The molecule has 0 saturated heterocycles. The maximum absolute atomic E-state index is 13.4. The fraction of sp³-hybridized carbons (Fsp3) is 0.258. The highest BCUT2D eigenvalue weighted by molar-refractivity contribution is 7.89. The van der Waals surface area contributed by atoms with E-state index in [1.807, 2.05) is 50.4 Å². The molecule has 1 aliphatic rings. The number of nitrogens with zero attached hydrogens (tertiary/aromatic N) is 2. The van der Waals surface area contributed by atoms with Gasteiger partial charge in [-0.2, -0.15) is 0 Å². The number of hydrogen-bond donors (Lipinski definition) is 2. The van der Waals surface area contributed by atoms with Crippen LogP contribution >= 0.6 is 0 Å². The average Bonchev–Trinajstić information content (AvgIpc) is 2.98. The van der Waals surface area contributed by atoms with Crippen LogP contribution in [0.15, 0.2) is 70.9 Å². The number of aromatic nitrogens is 1. The van der Waals surface area contributed by atoms with Crippen LogP contribution in [0.1, 0.15) is 28.3 Å². The van der Waals surface area contributed by atoms with Gasteiger partial charge in [-0.15, -0.1) is 0 Å². The number of hydrogen-bond acceptors (Lipinski definition) is 7. The minimum Gasteiger partial charge on any atom is -0.497 e. The number of benzene rings is 3. The molecule has 1 aromatic heterocycles. The third-order valence-corrected chi connectivity index (χ3v) is 9.18. The van der Waals surface area contributed by atoms with Crippen LogP contribution in [0.2, 0.25) is 0 Å². The molecule has 0 fully saturated rings.